The highest BCUT2D eigenvalue weighted by atomic mass is 32.2. The van der Waals surface area contributed by atoms with Gasteiger partial charge in [0.1, 0.15) is 17.3 Å². The van der Waals surface area contributed by atoms with E-state index in [0.717, 1.165) is 0 Å². The summed E-state index contributed by atoms with van der Waals surface area (Å²) in [5.41, 5.74) is 1.12. The number of hydrogen-bond acceptors (Lipinski definition) is 6. The smallest absolute Gasteiger partial charge is 0.241 e. The normalized spacial score (nSPS) is 12.7. The molecule has 0 fully saturated rings. The van der Waals surface area contributed by atoms with Gasteiger partial charge in [-0.05, 0) is 26.0 Å². The van der Waals surface area contributed by atoms with Crippen molar-refractivity contribution in [3.63, 3.8) is 0 Å². The molecule has 9 heteroatoms. The van der Waals surface area contributed by atoms with E-state index in [1.807, 2.05) is 0 Å². The van der Waals surface area contributed by atoms with Gasteiger partial charge in [0.25, 0.3) is 0 Å². The van der Waals surface area contributed by atoms with E-state index in [2.05, 4.69) is 19.7 Å². The number of nitrogens with one attached hydrogen (secondary N) is 1. The standard InChI is InChI=1S/C19H19FN4O3S/c1-12(11-25)24-28(26,27)18-6-4-3-5-16(18)14-7-17(20)19(23-8-14)15-9-21-13(2)22-10-15/h3-10,12,24-25H,11H2,1-2H3/t12-/m0/s1. The van der Waals surface area contributed by atoms with Crippen molar-refractivity contribution in [3.8, 4) is 22.4 Å². The minimum atomic E-state index is -3.91. The Balaban J connectivity index is 2.03. The van der Waals surface area contributed by atoms with Gasteiger partial charge in [-0.15, -0.1) is 0 Å². The zero-order valence-electron chi connectivity index (χ0n) is 15.3. The van der Waals surface area contributed by atoms with Crippen LogP contribution < -0.4 is 4.72 Å². The molecular formula is C19H19FN4O3S. The fraction of sp³-hybridized carbons (Fsp3) is 0.211. The molecule has 2 N–H and O–H groups in total. The molecular weight excluding hydrogens is 383 g/mol. The lowest BCUT2D eigenvalue weighted by Crippen LogP contribution is -2.35. The van der Waals surface area contributed by atoms with E-state index in [0.29, 0.717) is 22.5 Å². The van der Waals surface area contributed by atoms with Crippen molar-refractivity contribution in [2.24, 2.45) is 0 Å². The molecule has 0 bridgehead atoms. The first kappa shape index (κ1) is 20.0. The van der Waals surface area contributed by atoms with Gasteiger partial charge in [0.2, 0.25) is 10.0 Å². The first-order valence-corrected chi connectivity index (χ1v) is 9.97. The van der Waals surface area contributed by atoms with Crippen molar-refractivity contribution in [3.05, 3.63) is 60.6 Å². The van der Waals surface area contributed by atoms with Crippen LogP contribution in [0.5, 0.6) is 0 Å². The van der Waals surface area contributed by atoms with Gasteiger partial charge in [-0.25, -0.2) is 27.5 Å². The number of benzene rings is 1. The van der Waals surface area contributed by atoms with Crippen LogP contribution in [0.3, 0.4) is 0 Å². The van der Waals surface area contributed by atoms with Crippen LogP contribution in [0.25, 0.3) is 22.4 Å². The number of nitrogens with zero attached hydrogens (tertiary/aromatic N) is 3. The van der Waals surface area contributed by atoms with E-state index in [4.69, 9.17) is 5.11 Å². The molecule has 0 radical (unpaired) electrons. The van der Waals surface area contributed by atoms with Crippen molar-refractivity contribution in [2.75, 3.05) is 6.61 Å². The van der Waals surface area contributed by atoms with Gasteiger partial charge in [0.05, 0.1) is 11.5 Å². The summed E-state index contributed by atoms with van der Waals surface area (Å²) in [4.78, 5) is 12.2. The lowest BCUT2D eigenvalue weighted by Gasteiger charge is -2.15. The van der Waals surface area contributed by atoms with E-state index >= 15 is 0 Å². The predicted octanol–water partition coefficient (Wildman–Crippen LogP) is 2.31. The Bertz CT molecular complexity index is 1090. The minimum Gasteiger partial charge on any atom is -0.395 e. The van der Waals surface area contributed by atoms with Crippen LogP contribution in [0.15, 0.2) is 53.8 Å². The molecule has 7 nitrogen and oxygen atoms in total. The third-order valence-corrected chi connectivity index (χ3v) is 5.66. The van der Waals surface area contributed by atoms with E-state index < -0.39 is 21.9 Å². The van der Waals surface area contributed by atoms with Gasteiger partial charge in [-0.2, -0.15) is 0 Å². The van der Waals surface area contributed by atoms with Gasteiger partial charge >= 0.3 is 0 Å². The maximum Gasteiger partial charge on any atom is 0.241 e. The predicted molar refractivity (Wildman–Crippen MR) is 102 cm³/mol. The molecule has 0 amide bonds. The van der Waals surface area contributed by atoms with Crippen LogP contribution in [-0.2, 0) is 10.0 Å². The summed E-state index contributed by atoms with van der Waals surface area (Å²) in [5.74, 6) is -0.0571. The van der Waals surface area contributed by atoms with Crippen molar-refractivity contribution in [1.29, 1.82) is 0 Å². The number of aromatic nitrogens is 3. The Kier molecular flexibility index (Phi) is 5.78. The summed E-state index contributed by atoms with van der Waals surface area (Å²) < 4.78 is 42.4. The molecule has 0 saturated heterocycles. The van der Waals surface area contributed by atoms with E-state index in [9.17, 15) is 12.8 Å². The van der Waals surface area contributed by atoms with Crippen LogP contribution in [0, 0.1) is 12.7 Å². The maximum absolute atomic E-state index is 14.7. The first-order chi connectivity index (χ1) is 13.3. The summed E-state index contributed by atoms with van der Waals surface area (Å²) >= 11 is 0. The van der Waals surface area contributed by atoms with Gasteiger partial charge in [0.15, 0.2) is 0 Å². The third-order valence-electron chi connectivity index (χ3n) is 4.01. The molecule has 0 saturated carbocycles. The molecule has 2 heterocycles. The lowest BCUT2D eigenvalue weighted by atomic mass is 10.1. The van der Waals surface area contributed by atoms with Crippen molar-refractivity contribution >= 4 is 10.0 Å². The number of hydrogen-bond donors (Lipinski definition) is 2. The summed E-state index contributed by atoms with van der Waals surface area (Å²) in [6.07, 6.45) is 4.36. The molecule has 0 aliphatic carbocycles. The number of sulfonamides is 1. The molecule has 0 aliphatic rings. The molecule has 1 atom stereocenters. The molecule has 28 heavy (non-hydrogen) atoms. The van der Waals surface area contributed by atoms with Crippen molar-refractivity contribution in [1.82, 2.24) is 19.7 Å². The van der Waals surface area contributed by atoms with Crippen LogP contribution in [0.1, 0.15) is 12.7 Å². The molecule has 0 unspecified atom stereocenters. The van der Waals surface area contributed by atoms with Gasteiger partial charge in [-0.1, -0.05) is 18.2 Å². The first-order valence-electron chi connectivity index (χ1n) is 8.49. The van der Waals surface area contributed by atoms with E-state index in [-0.39, 0.29) is 17.2 Å². The summed E-state index contributed by atoms with van der Waals surface area (Å²) in [7, 11) is -3.91. The molecule has 3 aromatic rings. The number of rotatable bonds is 6. The van der Waals surface area contributed by atoms with Crippen LogP contribution in [-0.4, -0.2) is 41.1 Å². The molecule has 3 rings (SSSR count). The van der Waals surface area contributed by atoms with Gasteiger partial charge < -0.3 is 5.11 Å². The van der Waals surface area contributed by atoms with E-state index in [1.165, 1.54) is 30.7 Å². The molecule has 0 spiro atoms. The second-order valence-electron chi connectivity index (χ2n) is 6.27. The summed E-state index contributed by atoms with van der Waals surface area (Å²) in [6.45, 7) is 2.92. The largest absolute Gasteiger partial charge is 0.395 e. The summed E-state index contributed by atoms with van der Waals surface area (Å²) in [6, 6.07) is 6.79. The SMILES string of the molecule is Cc1ncc(-c2ncc(-c3ccccc3S(=O)(=O)N[C@@H](C)CO)cc2F)cn1. The zero-order valence-corrected chi connectivity index (χ0v) is 16.1. The van der Waals surface area contributed by atoms with Gasteiger partial charge in [0, 0.05) is 41.3 Å². The van der Waals surface area contributed by atoms with Gasteiger partial charge in [-0.3, -0.25) is 4.98 Å². The number of aliphatic hydroxyl groups excluding tert-OH is 1. The summed E-state index contributed by atoms with van der Waals surface area (Å²) in [5, 5.41) is 9.13. The minimum absolute atomic E-state index is 0.0251. The monoisotopic (exact) mass is 402 g/mol. The fourth-order valence-corrected chi connectivity index (χ4v) is 4.08. The molecule has 146 valence electrons. The van der Waals surface area contributed by atoms with Crippen LogP contribution in [0.2, 0.25) is 0 Å². The molecule has 2 aromatic heterocycles. The highest BCUT2D eigenvalue weighted by molar-refractivity contribution is 7.89. The Hall–Kier alpha value is -2.75. The highest BCUT2D eigenvalue weighted by Gasteiger charge is 2.22. The second-order valence-corrected chi connectivity index (χ2v) is 7.96. The van der Waals surface area contributed by atoms with Crippen LogP contribution in [0.4, 0.5) is 4.39 Å². The number of halogens is 1. The quantitative estimate of drug-likeness (QED) is 0.656. The van der Waals surface area contributed by atoms with Crippen molar-refractivity contribution in [2.45, 2.75) is 24.8 Å². The average Bonchev–Trinajstić information content (AvgIpc) is 2.68. The average molecular weight is 402 g/mol. The number of pyridine rings is 1. The fourth-order valence-electron chi connectivity index (χ4n) is 2.62. The maximum atomic E-state index is 14.7. The van der Waals surface area contributed by atoms with Crippen LogP contribution >= 0.6 is 0 Å². The topological polar surface area (TPSA) is 105 Å². The second kappa shape index (κ2) is 8.09. The molecule has 1 aromatic carbocycles. The van der Waals surface area contributed by atoms with E-state index in [1.54, 1.807) is 32.0 Å². The Morgan fingerprint density at radius 3 is 2.39 bits per heavy atom. The Morgan fingerprint density at radius 2 is 1.75 bits per heavy atom. The lowest BCUT2D eigenvalue weighted by molar-refractivity contribution is 0.265. The number of aryl methyl sites for hydroxylation is 1. The zero-order chi connectivity index (χ0) is 20.3. The third kappa shape index (κ3) is 4.22. The van der Waals surface area contributed by atoms with Crippen molar-refractivity contribution < 1.29 is 17.9 Å². The molecule has 0 aliphatic heterocycles. The Labute approximate surface area is 162 Å². The number of aliphatic hydroxyl groups is 1. The Morgan fingerprint density at radius 1 is 1.11 bits per heavy atom. The highest BCUT2D eigenvalue weighted by Crippen LogP contribution is 2.29.